The lowest BCUT2D eigenvalue weighted by Crippen LogP contribution is -2.37. The van der Waals surface area contributed by atoms with Crippen LogP contribution in [0.3, 0.4) is 0 Å². The number of carboxylic acids is 1. The van der Waals surface area contributed by atoms with Gasteiger partial charge in [0.25, 0.3) is 0 Å². The van der Waals surface area contributed by atoms with E-state index in [2.05, 4.69) is 4.90 Å². The smallest absolute Gasteiger partial charge is 0.371 e. The van der Waals surface area contributed by atoms with Gasteiger partial charge in [0.15, 0.2) is 0 Å². The first-order chi connectivity index (χ1) is 7.65. The van der Waals surface area contributed by atoms with E-state index in [4.69, 9.17) is 9.52 Å². The fourth-order valence-corrected chi connectivity index (χ4v) is 2.76. The number of nitrogens with zero attached hydrogens (tertiary/aromatic N) is 1. The fraction of sp³-hybridized carbons (Fsp3) is 0.500. The summed E-state index contributed by atoms with van der Waals surface area (Å²) < 4.78 is 16.3. The third kappa shape index (κ3) is 2.70. The van der Waals surface area contributed by atoms with Gasteiger partial charge in [-0.3, -0.25) is 9.11 Å². The van der Waals surface area contributed by atoms with Crippen molar-refractivity contribution < 1.29 is 18.5 Å². The Labute approximate surface area is 95.5 Å². The van der Waals surface area contributed by atoms with Gasteiger partial charge < -0.3 is 9.52 Å². The van der Waals surface area contributed by atoms with Gasteiger partial charge in [0, 0.05) is 35.4 Å². The molecule has 16 heavy (non-hydrogen) atoms. The van der Waals surface area contributed by atoms with Crippen molar-refractivity contribution in [2.24, 2.45) is 0 Å². The molecule has 0 unspecified atom stereocenters. The first-order valence-electron chi connectivity index (χ1n) is 5.04. The van der Waals surface area contributed by atoms with Crippen LogP contribution in [0, 0.1) is 0 Å². The molecule has 0 saturated carbocycles. The number of furan rings is 1. The zero-order valence-corrected chi connectivity index (χ0v) is 9.53. The van der Waals surface area contributed by atoms with Gasteiger partial charge in [-0.25, -0.2) is 4.79 Å². The van der Waals surface area contributed by atoms with Gasteiger partial charge in [-0.2, -0.15) is 0 Å². The Kier molecular flexibility index (Phi) is 3.40. The predicted octanol–water partition coefficient (Wildman–Crippen LogP) is 0.542. The second-order valence-corrected chi connectivity index (χ2v) is 5.39. The molecule has 5 nitrogen and oxygen atoms in total. The van der Waals surface area contributed by atoms with Crippen molar-refractivity contribution in [1.82, 2.24) is 4.90 Å². The lowest BCUT2D eigenvalue weighted by molar-refractivity contribution is 0.0658. The molecular formula is C10H13NO4S. The molecule has 0 spiro atoms. The van der Waals surface area contributed by atoms with Crippen molar-refractivity contribution in [3.63, 3.8) is 0 Å². The highest BCUT2D eigenvalue weighted by atomic mass is 32.2. The fourth-order valence-electron chi connectivity index (χ4n) is 1.63. The Balaban J connectivity index is 1.93. The quantitative estimate of drug-likeness (QED) is 0.839. The molecule has 0 atom stereocenters. The molecule has 88 valence electrons. The van der Waals surface area contributed by atoms with Gasteiger partial charge in [0.1, 0.15) is 5.76 Å². The molecule has 0 aromatic carbocycles. The molecule has 1 aromatic rings. The minimum atomic E-state index is -1.05. The summed E-state index contributed by atoms with van der Waals surface area (Å²) in [5.41, 5.74) is 0. The van der Waals surface area contributed by atoms with E-state index in [0.717, 1.165) is 13.1 Å². The van der Waals surface area contributed by atoms with E-state index in [1.54, 1.807) is 6.07 Å². The van der Waals surface area contributed by atoms with E-state index >= 15 is 0 Å². The molecule has 0 bridgehead atoms. The second-order valence-electron chi connectivity index (χ2n) is 3.70. The average molecular weight is 243 g/mol. The van der Waals surface area contributed by atoms with Crippen molar-refractivity contribution in [1.29, 1.82) is 0 Å². The Morgan fingerprint density at radius 3 is 2.69 bits per heavy atom. The van der Waals surface area contributed by atoms with Gasteiger partial charge in [-0.15, -0.1) is 0 Å². The van der Waals surface area contributed by atoms with Gasteiger partial charge in [0.2, 0.25) is 5.76 Å². The summed E-state index contributed by atoms with van der Waals surface area (Å²) in [6.45, 7) is 2.13. The van der Waals surface area contributed by atoms with E-state index in [-0.39, 0.29) is 5.76 Å². The van der Waals surface area contributed by atoms with E-state index in [1.165, 1.54) is 6.07 Å². The summed E-state index contributed by atoms with van der Waals surface area (Å²) in [5.74, 6) is 0.936. The predicted molar refractivity (Wildman–Crippen MR) is 58.8 cm³/mol. The van der Waals surface area contributed by atoms with Gasteiger partial charge in [0.05, 0.1) is 6.54 Å². The maximum absolute atomic E-state index is 11.1. The van der Waals surface area contributed by atoms with Crippen molar-refractivity contribution in [3.05, 3.63) is 23.7 Å². The van der Waals surface area contributed by atoms with Crippen molar-refractivity contribution >= 4 is 16.8 Å². The SMILES string of the molecule is O=C(O)c1ccc(CN2CCS(=O)CC2)o1. The molecule has 6 heteroatoms. The molecule has 2 heterocycles. The molecule has 1 aliphatic heterocycles. The van der Waals surface area contributed by atoms with Crippen molar-refractivity contribution in [3.8, 4) is 0 Å². The van der Waals surface area contributed by atoms with Crippen molar-refractivity contribution in [2.45, 2.75) is 6.54 Å². The summed E-state index contributed by atoms with van der Waals surface area (Å²) in [4.78, 5) is 12.7. The Bertz CT molecular complexity index is 405. The highest BCUT2D eigenvalue weighted by Crippen LogP contribution is 2.12. The average Bonchev–Trinajstić information content (AvgIpc) is 2.70. The molecule has 0 radical (unpaired) electrons. The normalized spacial score (nSPS) is 18.8. The van der Waals surface area contributed by atoms with E-state index in [9.17, 15) is 9.00 Å². The number of carboxylic acid groups (broad SMARTS) is 1. The molecule has 1 aromatic heterocycles. The van der Waals surface area contributed by atoms with Crippen LogP contribution in [-0.2, 0) is 17.3 Å². The summed E-state index contributed by atoms with van der Waals surface area (Å²) in [6, 6.07) is 3.13. The summed E-state index contributed by atoms with van der Waals surface area (Å²) in [5, 5.41) is 8.69. The monoisotopic (exact) mass is 243 g/mol. The van der Waals surface area contributed by atoms with Gasteiger partial charge >= 0.3 is 5.97 Å². The van der Waals surface area contributed by atoms with E-state index in [0.29, 0.717) is 23.8 Å². The lowest BCUT2D eigenvalue weighted by atomic mass is 10.4. The zero-order chi connectivity index (χ0) is 11.5. The van der Waals surface area contributed by atoms with Crippen LogP contribution in [0.1, 0.15) is 16.3 Å². The topological polar surface area (TPSA) is 70.8 Å². The minimum Gasteiger partial charge on any atom is -0.475 e. The van der Waals surface area contributed by atoms with Gasteiger partial charge in [-0.05, 0) is 12.1 Å². The molecule has 2 rings (SSSR count). The molecule has 1 fully saturated rings. The standard InChI is InChI=1S/C10H13NO4S/c12-10(13)9-2-1-8(15-9)7-11-3-5-16(14)6-4-11/h1-2H,3-7H2,(H,12,13). The molecular weight excluding hydrogens is 230 g/mol. The highest BCUT2D eigenvalue weighted by molar-refractivity contribution is 7.85. The maximum Gasteiger partial charge on any atom is 0.371 e. The summed E-state index contributed by atoms with van der Waals surface area (Å²) in [7, 11) is -0.687. The van der Waals surface area contributed by atoms with Crippen LogP contribution in [0.15, 0.2) is 16.5 Å². The van der Waals surface area contributed by atoms with Crippen LogP contribution < -0.4 is 0 Å². The third-order valence-electron chi connectivity index (χ3n) is 2.52. The summed E-state index contributed by atoms with van der Waals surface area (Å²) >= 11 is 0. The Morgan fingerprint density at radius 1 is 1.44 bits per heavy atom. The molecule has 0 aliphatic carbocycles. The maximum atomic E-state index is 11.1. The number of hydrogen-bond acceptors (Lipinski definition) is 4. The molecule has 1 aliphatic rings. The third-order valence-corrected chi connectivity index (χ3v) is 3.80. The molecule has 0 amide bonds. The van der Waals surface area contributed by atoms with Crippen LogP contribution in [-0.4, -0.2) is 44.8 Å². The van der Waals surface area contributed by atoms with Crippen molar-refractivity contribution in [2.75, 3.05) is 24.6 Å². The van der Waals surface area contributed by atoms with Gasteiger partial charge in [-0.1, -0.05) is 0 Å². The lowest BCUT2D eigenvalue weighted by Gasteiger charge is -2.24. The van der Waals surface area contributed by atoms with Crippen LogP contribution in [0.4, 0.5) is 0 Å². The second kappa shape index (κ2) is 4.80. The number of aromatic carboxylic acids is 1. The number of rotatable bonds is 3. The minimum absolute atomic E-state index is 0.0319. The summed E-state index contributed by atoms with van der Waals surface area (Å²) in [6.07, 6.45) is 0. The first-order valence-corrected chi connectivity index (χ1v) is 6.53. The molecule has 1 saturated heterocycles. The van der Waals surface area contributed by atoms with E-state index in [1.807, 2.05) is 0 Å². The van der Waals surface area contributed by atoms with Crippen LogP contribution in [0.5, 0.6) is 0 Å². The van der Waals surface area contributed by atoms with E-state index < -0.39 is 16.8 Å². The Hall–Kier alpha value is -1.14. The Morgan fingerprint density at radius 2 is 2.12 bits per heavy atom. The first kappa shape index (κ1) is 11.3. The zero-order valence-electron chi connectivity index (χ0n) is 8.72. The largest absolute Gasteiger partial charge is 0.475 e. The van der Waals surface area contributed by atoms with Crippen LogP contribution in [0.25, 0.3) is 0 Å². The highest BCUT2D eigenvalue weighted by Gasteiger charge is 2.17. The molecule has 1 N–H and O–H groups in total. The van der Waals surface area contributed by atoms with Crippen LogP contribution in [0.2, 0.25) is 0 Å². The number of hydrogen-bond donors (Lipinski definition) is 1. The number of carbonyl (C=O) groups is 1. The van der Waals surface area contributed by atoms with Crippen LogP contribution >= 0.6 is 0 Å².